The number of benzene rings is 5. The van der Waals surface area contributed by atoms with Crippen molar-refractivity contribution in [2.75, 3.05) is 13.2 Å². The summed E-state index contributed by atoms with van der Waals surface area (Å²) in [7, 11) is -2.55. The zero-order valence-electron chi connectivity index (χ0n) is 27.4. The van der Waals surface area contributed by atoms with Gasteiger partial charge in [-0.05, 0) is 0 Å². The van der Waals surface area contributed by atoms with E-state index in [1.54, 1.807) is 17.9 Å². The van der Waals surface area contributed by atoms with E-state index in [1.807, 2.05) is 13.0 Å². The van der Waals surface area contributed by atoms with Gasteiger partial charge in [-0.1, -0.05) is 0 Å². The molecule has 0 saturated carbocycles. The SMILES string of the molecule is CC=C1COCC1=CC(=C([C]#[Os])[P+](c1ccccc1)(c1ccccc1)c1ccccc1)c1cc2c(cc(/C=C/C)c3nsnc32)c2nsnc12. The first-order valence-corrected chi connectivity index (χ1v) is 20.8. The molecule has 5 aromatic carbocycles. The molecule has 1 aliphatic heterocycles. The summed E-state index contributed by atoms with van der Waals surface area (Å²) in [5, 5.41) is 6.95. The fourth-order valence-corrected chi connectivity index (χ4v) is 13.9. The fraction of sp³-hybridized carbons (Fsp3) is 0.0976. The number of rotatable bonds is 7. The number of aromatic nitrogens is 4. The summed E-state index contributed by atoms with van der Waals surface area (Å²) in [5.41, 5.74) is 8.97. The van der Waals surface area contributed by atoms with E-state index >= 15 is 0 Å². The minimum atomic E-state index is -2.55. The Hall–Kier alpha value is -4.23. The molecule has 0 bridgehead atoms. The van der Waals surface area contributed by atoms with Gasteiger partial charge >= 0.3 is 312 Å². The van der Waals surface area contributed by atoms with E-state index in [1.165, 1.54) is 44.9 Å². The van der Waals surface area contributed by atoms with Gasteiger partial charge in [-0.3, -0.25) is 0 Å². The number of hydrogen-bond acceptors (Lipinski definition) is 7. The molecule has 0 atom stereocenters. The molecular formula is C41H31N4OOsPS2+. The Morgan fingerprint density at radius 2 is 1.22 bits per heavy atom. The third-order valence-electron chi connectivity index (χ3n) is 9.23. The van der Waals surface area contributed by atoms with E-state index in [9.17, 15) is 0 Å². The molecule has 50 heavy (non-hydrogen) atoms. The molecule has 1 aliphatic rings. The molecule has 2 aromatic heterocycles. The van der Waals surface area contributed by atoms with Gasteiger partial charge in [-0.2, -0.15) is 0 Å². The first-order valence-electron chi connectivity index (χ1n) is 16.3. The summed E-state index contributed by atoms with van der Waals surface area (Å²) in [6.07, 6.45) is 8.64. The first kappa shape index (κ1) is 32.9. The van der Waals surface area contributed by atoms with Gasteiger partial charge in [0.15, 0.2) is 0 Å². The van der Waals surface area contributed by atoms with Gasteiger partial charge < -0.3 is 0 Å². The molecule has 1 fully saturated rings. The second-order valence-corrected chi connectivity index (χ2v) is 16.9. The van der Waals surface area contributed by atoms with Crippen LogP contribution >= 0.6 is 30.7 Å². The van der Waals surface area contributed by atoms with Crippen molar-refractivity contribution in [2.24, 2.45) is 0 Å². The van der Waals surface area contributed by atoms with Crippen molar-refractivity contribution in [3.63, 3.8) is 0 Å². The Morgan fingerprint density at radius 3 is 1.78 bits per heavy atom. The molecule has 0 aliphatic carbocycles. The summed E-state index contributed by atoms with van der Waals surface area (Å²) in [6.45, 7) is 5.24. The summed E-state index contributed by atoms with van der Waals surface area (Å²) in [4.78, 5) is 0. The quantitative estimate of drug-likeness (QED) is 0.150. The van der Waals surface area contributed by atoms with Gasteiger partial charge in [0.25, 0.3) is 0 Å². The Kier molecular flexibility index (Phi) is 9.34. The van der Waals surface area contributed by atoms with Gasteiger partial charge in [0.1, 0.15) is 0 Å². The number of allylic oxidation sites excluding steroid dienone is 5. The number of hydrogen-bond donors (Lipinski definition) is 0. The van der Waals surface area contributed by atoms with E-state index in [2.05, 4.69) is 133 Å². The number of ether oxygens (including phenoxy) is 1. The van der Waals surface area contributed by atoms with Crippen molar-refractivity contribution in [1.29, 1.82) is 0 Å². The van der Waals surface area contributed by atoms with Crippen LogP contribution in [0.25, 0.3) is 44.5 Å². The molecule has 0 radical (unpaired) electrons. The van der Waals surface area contributed by atoms with Crippen LogP contribution in [0.4, 0.5) is 0 Å². The fourth-order valence-electron chi connectivity index (χ4n) is 6.98. The van der Waals surface area contributed by atoms with Crippen molar-refractivity contribution in [3.05, 3.63) is 149 Å². The van der Waals surface area contributed by atoms with Crippen LogP contribution in [-0.2, 0) is 22.7 Å². The van der Waals surface area contributed by atoms with Crippen molar-refractivity contribution in [1.82, 2.24) is 17.5 Å². The predicted octanol–water partition coefficient (Wildman–Crippen LogP) is 9.00. The van der Waals surface area contributed by atoms with Crippen LogP contribution in [0.15, 0.2) is 138 Å². The Balaban J connectivity index is 1.59. The molecule has 0 amide bonds. The molecule has 5 nitrogen and oxygen atoms in total. The monoisotopic (exact) mass is 882 g/mol. The van der Waals surface area contributed by atoms with E-state index in [4.69, 9.17) is 22.2 Å². The topological polar surface area (TPSA) is 60.8 Å². The normalized spacial score (nSPS) is 15.9. The zero-order valence-corrected chi connectivity index (χ0v) is 32.4. The van der Waals surface area contributed by atoms with Crippen LogP contribution < -0.4 is 15.9 Å². The van der Waals surface area contributed by atoms with Crippen molar-refractivity contribution >= 4 is 91.1 Å². The Bertz CT molecular complexity index is 2450. The third kappa shape index (κ3) is 5.49. The van der Waals surface area contributed by atoms with Gasteiger partial charge in [0, 0.05) is 0 Å². The summed E-state index contributed by atoms with van der Waals surface area (Å²) in [5.74, 6) is 0. The molecule has 9 heteroatoms. The van der Waals surface area contributed by atoms with Crippen LogP contribution in [0, 0.1) is 4.37 Å². The maximum absolute atomic E-state index is 6.06. The molecule has 0 N–H and O–H groups in total. The summed E-state index contributed by atoms with van der Waals surface area (Å²) in [6, 6.07) is 37.3. The number of fused-ring (bicyclic) bond motifs is 5. The Morgan fingerprint density at radius 1 is 0.700 bits per heavy atom. The average Bonchev–Trinajstić information content (AvgIpc) is 3.96. The third-order valence-corrected chi connectivity index (χ3v) is 15.7. The average molecular weight is 881 g/mol. The zero-order chi connectivity index (χ0) is 34.1. The second kappa shape index (κ2) is 14.2. The van der Waals surface area contributed by atoms with Crippen molar-refractivity contribution < 1.29 is 22.7 Å². The van der Waals surface area contributed by atoms with E-state index < -0.39 is 7.26 Å². The van der Waals surface area contributed by atoms with Gasteiger partial charge in [-0.25, -0.2) is 0 Å². The summed E-state index contributed by atoms with van der Waals surface area (Å²) < 4.78 is 29.5. The van der Waals surface area contributed by atoms with Gasteiger partial charge in [-0.15, -0.1) is 0 Å². The molecule has 7 aromatic rings. The van der Waals surface area contributed by atoms with Crippen LogP contribution in [0.1, 0.15) is 25.0 Å². The minimum absolute atomic E-state index is 0.537. The van der Waals surface area contributed by atoms with E-state index in [0.717, 1.165) is 60.4 Å². The van der Waals surface area contributed by atoms with Gasteiger partial charge in [0.2, 0.25) is 0 Å². The molecule has 1 saturated heterocycles. The second-order valence-electron chi connectivity index (χ2n) is 11.9. The molecule has 0 spiro atoms. The Labute approximate surface area is 309 Å². The molecule has 3 heterocycles. The molecule has 245 valence electrons. The van der Waals surface area contributed by atoms with Crippen LogP contribution in [0.3, 0.4) is 0 Å². The van der Waals surface area contributed by atoms with Crippen LogP contribution in [0.5, 0.6) is 0 Å². The summed E-state index contributed by atoms with van der Waals surface area (Å²) >= 11 is 4.28. The molecule has 0 unspecified atom stereocenters. The van der Waals surface area contributed by atoms with Crippen molar-refractivity contribution in [3.8, 4) is 4.37 Å². The molecule has 8 rings (SSSR count). The predicted molar refractivity (Wildman–Crippen MR) is 209 cm³/mol. The number of nitrogens with zero attached hydrogens (tertiary/aromatic N) is 4. The maximum atomic E-state index is 6.06. The van der Waals surface area contributed by atoms with Gasteiger partial charge in [0.05, 0.1) is 0 Å². The first-order chi connectivity index (χ1) is 24.7. The van der Waals surface area contributed by atoms with Crippen LogP contribution in [0.2, 0.25) is 0 Å². The molecular weight excluding hydrogens is 850 g/mol. The van der Waals surface area contributed by atoms with Crippen LogP contribution in [-0.4, -0.2) is 30.7 Å². The van der Waals surface area contributed by atoms with E-state index in [0.29, 0.717) is 13.2 Å². The standard InChI is InChI=1S/C41H31N4OPS2.Os/c1-4-15-29-22-35-37(39-38(29)42-48-43-39)24-36(41-40(35)44-49-45-41)34(23-30-26-46-25-28(30)5-2)27(3)47(31-16-9-6-10-17-31,32-18-11-7-12-19-32)33-20-13-8-14-21-33;/h4-24H,25-26H2,1-2H3;/q+1;/b15-4+,28-5?,30-23?,34-27?;. The van der Waals surface area contributed by atoms with E-state index in [-0.39, 0.29) is 0 Å². The van der Waals surface area contributed by atoms with Crippen molar-refractivity contribution in [2.45, 2.75) is 13.8 Å².